The summed E-state index contributed by atoms with van der Waals surface area (Å²) in [6, 6.07) is 11.3. The molecule has 1 aliphatic heterocycles. The average molecular weight is 284 g/mol. The quantitative estimate of drug-likeness (QED) is 0.865. The van der Waals surface area contributed by atoms with Gasteiger partial charge in [0.2, 0.25) is 0 Å². The Kier molecular flexibility index (Phi) is 4.34. The second-order valence-electron chi connectivity index (χ2n) is 5.87. The molecule has 0 atom stereocenters. The highest BCUT2D eigenvalue weighted by Gasteiger charge is 2.22. The number of likely N-dealkylation sites (tertiary alicyclic amines) is 1. The molecule has 1 aliphatic rings. The van der Waals surface area contributed by atoms with Crippen LogP contribution in [0.5, 0.6) is 0 Å². The summed E-state index contributed by atoms with van der Waals surface area (Å²) in [5.74, 6) is 2.03. The first-order valence-corrected chi connectivity index (χ1v) is 7.94. The standard InChI is InChI=1S/C17H24N4/c1-3-17-18-14(2)21(19-17)16-9-11-20(12-10-16)13-15-7-5-4-6-8-15/h4-8,16H,3,9-13H2,1-2H3. The lowest BCUT2D eigenvalue weighted by Gasteiger charge is -2.32. The van der Waals surface area contributed by atoms with E-state index in [0.717, 1.165) is 37.7 Å². The molecule has 4 heteroatoms. The van der Waals surface area contributed by atoms with Gasteiger partial charge < -0.3 is 0 Å². The maximum atomic E-state index is 4.65. The van der Waals surface area contributed by atoms with Crippen LogP contribution in [0.1, 0.15) is 43.0 Å². The van der Waals surface area contributed by atoms with E-state index in [1.165, 1.54) is 18.4 Å². The van der Waals surface area contributed by atoms with Gasteiger partial charge in [-0.25, -0.2) is 9.67 Å². The third-order valence-corrected chi connectivity index (χ3v) is 4.31. The normalized spacial score (nSPS) is 17.2. The maximum absolute atomic E-state index is 4.65. The van der Waals surface area contributed by atoms with E-state index >= 15 is 0 Å². The Bertz CT molecular complexity index is 568. The number of hydrogen-bond acceptors (Lipinski definition) is 3. The van der Waals surface area contributed by atoms with Gasteiger partial charge in [0, 0.05) is 26.1 Å². The van der Waals surface area contributed by atoms with Gasteiger partial charge in [-0.05, 0) is 25.3 Å². The zero-order valence-corrected chi connectivity index (χ0v) is 13.0. The van der Waals surface area contributed by atoms with Gasteiger partial charge in [-0.1, -0.05) is 37.3 Å². The van der Waals surface area contributed by atoms with Crippen molar-refractivity contribution in [2.24, 2.45) is 0 Å². The van der Waals surface area contributed by atoms with Crippen LogP contribution < -0.4 is 0 Å². The van der Waals surface area contributed by atoms with E-state index in [2.05, 4.69) is 63.8 Å². The summed E-state index contributed by atoms with van der Waals surface area (Å²) in [7, 11) is 0. The molecule has 0 N–H and O–H groups in total. The first kappa shape index (κ1) is 14.3. The summed E-state index contributed by atoms with van der Waals surface area (Å²) in [6.07, 6.45) is 3.25. The number of piperidine rings is 1. The van der Waals surface area contributed by atoms with E-state index in [1.807, 2.05) is 0 Å². The minimum absolute atomic E-state index is 0.518. The Morgan fingerprint density at radius 1 is 1.14 bits per heavy atom. The van der Waals surface area contributed by atoms with E-state index < -0.39 is 0 Å². The average Bonchev–Trinajstić information content (AvgIpc) is 2.90. The molecule has 0 bridgehead atoms. The van der Waals surface area contributed by atoms with Gasteiger partial charge in [0.25, 0.3) is 0 Å². The molecule has 0 amide bonds. The highest BCUT2D eigenvalue weighted by Crippen LogP contribution is 2.24. The molecular weight excluding hydrogens is 260 g/mol. The lowest BCUT2D eigenvalue weighted by molar-refractivity contribution is 0.171. The number of hydrogen-bond donors (Lipinski definition) is 0. The van der Waals surface area contributed by atoms with E-state index in [-0.39, 0.29) is 0 Å². The van der Waals surface area contributed by atoms with Crippen LogP contribution in [-0.4, -0.2) is 32.8 Å². The third kappa shape index (κ3) is 3.32. The second kappa shape index (κ2) is 6.39. The van der Waals surface area contributed by atoms with Crippen molar-refractivity contribution in [2.75, 3.05) is 13.1 Å². The predicted octanol–water partition coefficient (Wildman–Crippen LogP) is 2.99. The fourth-order valence-electron chi connectivity index (χ4n) is 3.12. The van der Waals surface area contributed by atoms with Crippen LogP contribution in [0.3, 0.4) is 0 Å². The molecule has 0 aliphatic carbocycles. The van der Waals surface area contributed by atoms with Crippen LogP contribution >= 0.6 is 0 Å². The van der Waals surface area contributed by atoms with Crippen LogP contribution in [0.15, 0.2) is 30.3 Å². The number of nitrogens with zero attached hydrogens (tertiary/aromatic N) is 4. The molecule has 3 rings (SSSR count). The predicted molar refractivity (Wildman–Crippen MR) is 84.1 cm³/mol. The Morgan fingerprint density at radius 2 is 1.86 bits per heavy atom. The van der Waals surface area contributed by atoms with Crippen molar-refractivity contribution in [3.05, 3.63) is 47.5 Å². The molecule has 1 saturated heterocycles. The van der Waals surface area contributed by atoms with Gasteiger partial charge in [-0.2, -0.15) is 5.10 Å². The molecule has 1 aromatic carbocycles. The molecular formula is C17H24N4. The molecule has 0 spiro atoms. The molecule has 0 unspecified atom stereocenters. The second-order valence-corrected chi connectivity index (χ2v) is 5.87. The number of benzene rings is 1. The fourth-order valence-corrected chi connectivity index (χ4v) is 3.12. The highest BCUT2D eigenvalue weighted by molar-refractivity contribution is 5.14. The summed E-state index contributed by atoms with van der Waals surface area (Å²) in [6.45, 7) is 7.52. The molecule has 1 aromatic heterocycles. The van der Waals surface area contributed by atoms with Gasteiger partial charge in [0.05, 0.1) is 6.04 Å². The van der Waals surface area contributed by atoms with Gasteiger partial charge in [0.15, 0.2) is 5.82 Å². The van der Waals surface area contributed by atoms with Crippen molar-refractivity contribution in [1.82, 2.24) is 19.7 Å². The van der Waals surface area contributed by atoms with E-state index in [1.54, 1.807) is 0 Å². The van der Waals surface area contributed by atoms with Crippen molar-refractivity contribution >= 4 is 0 Å². The minimum atomic E-state index is 0.518. The molecule has 2 aromatic rings. The topological polar surface area (TPSA) is 34.0 Å². The molecule has 21 heavy (non-hydrogen) atoms. The zero-order valence-electron chi connectivity index (χ0n) is 13.0. The Hall–Kier alpha value is -1.68. The van der Waals surface area contributed by atoms with Crippen molar-refractivity contribution in [3.63, 3.8) is 0 Å². The SMILES string of the molecule is CCc1nc(C)n(C2CCN(Cc3ccccc3)CC2)n1. The molecule has 0 saturated carbocycles. The van der Waals surface area contributed by atoms with Crippen LogP contribution in [0.25, 0.3) is 0 Å². The largest absolute Gasteiger partial charge is 0.299 e. The summed E-state index contributed by atoms with van der Waals surface area (Å²) in [5, 5.41) is 4.65. The van der Waals surface area contributed by atoms with Gasteiger partial charge >= 0.3 is 0 Å². The smallest absolute Gasteiger partial charge is 0.150 e. The summed E-state index contributed by atoms with van der Waals surface area (Å²) in [5.41, 5.74) is 1.40. The first-order valence-electron chi connectivity index (χ1n) is 7.94. The Balaban J connectivity index is 1.58. The van der Waals surface area contributed by atoms with Crippen molar-refractivity contribution < 1.29 is 0 Å². The minimum Gasteiger partial charge on any atom is -0.299 e. The van der Waals surface area contributed by atoms with Crippen LogP contribution in [0.4, 0.5) is 0 Å². The molecule has 2 heterocycles. The lowest BCUT2D eigenvalue weighted by Crippen LogP contribution is -2.34. The summed E-state index contributed by atoms with van der Waals surface area (Å²) >= 11 is 0. The Labute approximate surface area is 126 Å². The molecule has 4 nitrogen and oxygen atoms in total. The molecule has 0 radical (unpaired) electrons. The van der Waals surface area contributed by atoms with Crippen molar-refractivity contribution in [3.8, 4) is 0 Å². The number of aromatic nitrogens is 3. The molecule has 1 fully saturated rings. The third-order valence-electron chi connectivity index (χ3n) is 4.31. The monoisotopic (exact) mass is 284 g/mol. The van der Waals surface area contributed by atoms with Gasteiger partial charge in [0.1, 0.15) is 5.82 Å². The summed E-state index contributed by atoms with van der Waals surface area (Å²) in [4.78, 5) is 7.07. The van der Waals surface area contributed by atoms with Gasteiger partial charge in [-0.15, -0.1) is 0 Å². The van der Waals surface area contributed by atoms with Crippen molar-refractivity contribution in [2.45, 2.75) is 45.7 Å². The first-order chi connectivity index (χ1) is 10.3. The maximum Gasteiger partial charge on any atom is 0.150 e. The van der Waals surface area contributed by atoms with Crippen LogP contribution in [-0.2, 0) is 13.0 Å². The van der Waals surface area contributed by atoms with E-state index in [9.17, 15) is 0 Å². The summed E-state index contributed by atoms with van der Waals surface area (Å²) < 4.78 is 2.15. The van der Waals surface area contributed by atoms with Gasteiger partial charge in [-0.3, -0.25) is 4.90 Å². The zero-order chi connectivity index (χ0) is 14.7. The van der Waals surface area contributed by atoms with Crippen LogP contribution in [0.2, 0.25) is 0 Å². The van der Waals surface area contributed by atoms with Crippen LogP contribution in [0, 0.1) is 6.92 Å². The number of aryl methyl sites for hydroxylation is 2. The van der Waals surface area contributed by atoms with E-state index in [4.69, 9.17) is 0 Å². The molecule has 112 valence electrons. The fraction of sp³-hybridized carbons (Fsp3) is 0.529. The lowest BCUT2D eigenvalue weighted by atomic mass is 10.0. The van der Waals surface area contributed by atoms with E-state index in [0.29, 0.717) is 6.04 Å². The Morgan fingerprint density at radius 3 is 2.48 bits per heavy atom. The number of rotatable bonds is 4. The highest BCUT2D eigenvalue weighted by atomic mass is 15.4. The van der Waals surface area contributed by atoms with Crippen molar-refractivity contribution in [1.29, 1.82) is 0 Å².